The molecule has 0 aliphatic carbocycles. The lowest BCUT2D eigenvalue weighted by atomic mass is 10.1. The molecule has 1 unspecified atom stereocenters. The Morgan fingerprint density at radius 1 is 1.29 bits per heavy atom. The molecule has 0 aliphatic heterocycles. The van der Waals surface area contributed by atoms with Crippen molar-refractivity contribution in [2.24, 2.45) is 5.73 Å². The summed E-state index contributed by atoms with van der Waals surface area (Å²) in [6.45, 7) is 4.42. The highest BCUT2D eigenvalue weighted by Gasteiger charge is 2.31. The summed E-state index contributed by atoms with van der Waals surface area (Å²) in [7, 11) is 0. The third kappa shape index (κ3) is 7.88. The number of hydrogen-bond donors (Lipinski definition) is 3. The van der Waals surface area contributed by atoms with Gasteiger partial charge in [0.15, 0.2) is 0 Å². The number of halogens is 4. The van der Waals surface area contributed by atoms with Crippen LogP contribution in [0.25, 0.3) is 0 Å². The number of carbonyl (C=O) groups excluding carboxylic acids is 1. The highest BCUT2D eigenvalue weighted by atomic mass is 35.5. The van der Waals surface area contributed by atoms with Gasteiger partial charge in [0.25, 0.3) is 0 Å². The molecule has 1 atom stereocenters. The predicted octanol–water partition coefficient (Wildman–Crippen LogP) is 4.41. The SMILES string of the molecule is CCCCNc1ccc(C(F)(F)F)cc1NC(=O)CCC(C)N.Cl. The molecule has 0 fully saturated rings. The average molecular weight is 368 g/mol. The molecule has 1 aromatic carbocycles. The van der Waals surface area contributed by atoms with Crippen LogP contribution in [0.5, 0.6) is 0 Å². The number of anilines is 2. The first kappa shape index (κ1) is 22.5. The van der Waals surface area contributed by atoms with E-state index in [4.69, 9.17) is 5.73 Å². The van der Waals surface area contributed by atoms with Crippen LogP contribution in [0.3, 0.4) is 0 Å². The molecule has 0 aliphatic rings. The summed E-state index contributed by atoms with van der Waals surface area (Å²) in [5.41, 5.74) is 5.43. The second-order valence-corrected chi connectivity index (χ2v) is 5.60. The monoisotopic (exact) mass is 367 g/mol. The van der Waals surface area contributed by atoms with Crippen LogP contribution in [0.1, 0.15) is 45.1 Å². The van der Waals surface area contributed by atoms with Gasteiger partial charge in [0.05, 0.1) is 16.9 Å². The smallest absolute Gasteiger partial charge is 0.383 e. The normalized spacial score (nSPS) is 12.2. The Balaban J connectivity index is 0.00000529. The highest BCUT2D eigenvalue weighted by Crippen LogP contribution is 2.34. The lowest BCUT2D eigenvalue weighted by Crippen LogP contribution is -2.20. The molecule has 24 heavy (non-hydrogen) atoms. The summed E-state index contributed by atoms with van der Waals surface area (Å²) in [6.07, 6.45) is -1.96. The van der Waals surface area contributed by atoms with Crippen LogP contribution in [0.2, 0.25) is 0 Å². The first-order valence-electron chi connectivity index (χ1n) is 7.74. The summed E-state index contributed by atoms with van der Waals surface area (Å²) in [6, 6.07) is 3.17. The van der Waals surface area contributed by atoms with Gasteiger partial charge >= 0.3 is 6.18 Å². The van der Waals surface area contributed by atoms with Gasteiger partial charge in [0, 0.05) is 19.0 Å². The topological polar surface area (TPSA) is 67.1 Å². The maximum Gasteiger partial charge on any atom is 0.416 e. The fourth-order valence-corrected chi connectivity index (χ4v) is 1.95. The molecule has 0 saturated heterocycles. The van der Waals surface area contributed by atoms with Gasteiger partial charge in [-0.05, 0) is 38.0 Å². The summed E-state index contributed by atoms with van der Waals surface area (Å²) < 4.78 is 38.5. The van der Waals surface area contributed by atoms with Crippen molar-refractivity contribution in [1.29, 1.82) is 0 Å². The molecule has 0 heterocycles. The zero-order chi connectivity index (χ0) is 17.5. The van der Waals surface area contributed by atoms with Gasteiger partial charge in [-0.2, -0.15) is 13.2 Å². The van der Waals surface area contributed by atoms with Gasteiger partial charge in [-0.25, -0.2) is 0 Å². The Labute approximate surface area is 146 Å². The van der Waals surface area contributed by atoms with Crippen LogP contribution in [0, 0.1) is 0 Å². The number of carbonyl (C=O) groups is 1. The number of nitrogens with one attached hydrogen (secondary N) is 2. The minimum Gasteiger partial charge on any atom is -0.383 e. The van der Waals surface area contributed by atoms with Crippen molar-refractivity contribution in [3.63, 3.8) is 0 Å². The molecule has 0 spiro atoms. The standard InChI is InChI=1S/C16H24F3N3O.ClH/c1-3-4-9-21-13-7-6-12(16(17,18)19)10-14(13)22-15(23)8-5-11(2)20;/h6-7,10-11,21H,3-5,8-9,20H2,1-2H3,(H,22,23);1H. The minimum absolute atomic E-state index is 0. The van der Waals surface area contributed by atoms with E-state index in [1.807, 2.05) is 6.92 Å². The molecule has 0 bridgehead atoms. The number of benzene rings is 1. The number of rotatable bonds is 8. The fourth-order valence-electron chi connectivity index (χ4n) is 1.95. The fraction of sp³-hybridized carbons (Fsp3) is 0.562. The van der Waals surface area contributed by atoms with Crippen LogP contribution in [0.15, 0.2) is 18.2 Å². The number of nitrogens with two attached hydrogens (primary N) is 1. The van der Waals surface area contributed by atoms with Crippen molar-refractivity contribution in [3.8, 4) is 0 Å². The number of alkyl halides is 3. The van der Waals surface area contributed by atoms with E-state index >= 15 is 0 Å². The van der Waals surface area contributed by atoms with E-state index in [0.717, 1.165) is 25.0 Å². The van der Waals surface area contributed by atoms with E-state index in [2.05, 4.69) is 10.6 Å². The van der Waals surface area contributed by atoms with Crippen LogP contribution in [-0.2, 0) is 11.0 Å². The Morgan fingerprint density at radius 3 is 2.50 bits per heavy atom. The molecule has 0 saturated carbocycles. The third-order valence-electron chi connectivity index (χ3n) is 3.29. The second-order valence-electron chi connectivity index (χ2n) is 5.60. The summed E-state index contributed by atoms with van der Waals surface area (Å²) >= 11 is 0. The Bertz CT molecular complexity index is 522. The minimum atomic E-state index is -4.45. The largest absolute Gasteiger partial charge is 0.416 e. The second kappa shape index (κ2) is 10.4. The average Bonchev–Trinajstić information content (AvgIpc) is 2.45. The van der Waals surface area contributed by atoms with E-state index < -0.39 is 11.7 Å². The van der Waals surface area contributed by atoms with Crippen molar-refractivity contribution < 1.29 is 18.0 Å². The predicted molar refractivity (Wildman–Crippen MR) is 93.6 cm³/mol. The third-order valence-corrected chi connectivity index (χ3v) is 3.29. The highest BCUT2D eigenvalue weighted by molar-refractivity contribution is 5.94. The molecule has 4 N–H and O–H groups in total. The van der Waals surface area contributed by atoms with Crippen molar-refractivity contribution in [2.45, 2.75) is 51.7 Å². The van der Waals surface area contributed by atoms with Gasteiger partial charge in [-0.3, -0.25) is 4.79 Å². The summed E-state index contributed by atoms with van der Waals surface area (Å²) in [5.74, 6) is -0.347. The van der Waals surface area contributed by atoms with E-state index in [1.54, 1.807) is 6.92 Å². The maximum absolute atomic E-state index is 12.8. The van der Waals surface area contributed by atoms with Crippen molar-refractivity contribution in [2.75, 3.05) is 17.2 Å². The van der Waals surface area contributed by atoms with Gasteiger partial charge in [0.2, 0.25) is 5.91 Å². The van der Waals surface area contributed by atoms with Crippen LogP contribution in [-0.4, -0.2) is 18.5 Å². The molecule has 1 aromatic rings. The molecule has 1 rings (SSSR count). The Hall–Kier alpha value is -1.47. The number of hydrogen-bond acceptors (Lipinski definition) is 3. The molecule has 4 nitrogen and oxygen atoms in total. The molecular weight excluding hydrogens is 343 g/mol. The molecule has 0 aromatic heterocycles. The van der Waals surface area contributed by atoms with Crippen molar-refractivity contribution >= 4 is 29.7 Å². The Morgan fingerprint density at radius 2 is 1.96 bits per heavy atom. The lowest BCUT2D eigenvalue weighted by Gasteiger charge is -2.16. The summed E-state index contributed by atoms with van der Waals surface area (Å²) in [4.78, 5) is 11.9. The zero-order valence-corrected chi connectivity index (χ0v) is 14.7. The van der Waals surface area contributed by atoms with Crippen LogP contribution >= 0.6 is 12.4 Å². The van der Waals surface area contributed by atoms with E-state index in [1.165, 1.54) is 6.07 Å². The van der Waals surface area contributed by atoms with Gasteiger partial charge in [0.1, 0.15) is 0 Å². The van der Waals surface area contributed by atoms with Crippen molar-refractivity contribution in [1.82, 2.24) is 0 Å². The quantitative estimate of drug-likeness (QED) is 0.596. The van der Waals surface area contributed by atoms with Gasteiger partial charge in [-0.15, -0.1) is 12.4 Å². The van der Waals surface area contributed by atoms with Crippen molar-refractivity contribution in [3.05, 3.63) is 23.8 Å². The van der Waals surface area contributed by atoms with Gasteiger partial charge in [-0.1, -0.05) is 13.3 Å². The van der Waals surface area contributed by atoms with E-state index in [0.29, 0.717) is 18.7 Å². The zero-order valence-electron chi connectivity index (χ0n) is 13.9. The van der Waals surface area contributed by atoms with Gasteiger partial charge < -0.3 is 16.4 Å². The van der Waals surface area contributed by atoms with E-state index in [9.17, 15) is 18.0 Å². The summed E-state index contributed by atoms with van der Waals surface area (Å²) in [5, 5.41) is 5.60. The Kier molecular flexibility index (Phi) is 9.77. The van der Waals surface area contributed by atoms with E-state index in [-0.39, 0.29) is 36.5 Å². The molecule has 0 radical (unpaired) electrons. The number of amides is 1. The lowest BCUT2D eigenvalue weighted by molar-refractivity contribution is -0.137. The van der Waals surface area contributed by atoms with Crippen LogP contribution < -0.4 is 16.4 Å². The van der Waals surface area contributed by atoms with Crippen LogP contribution in [0.4, 0.5) is 24.5 Å². The molecular formula is C16H25ClF3N3O. The number of unbranched alkanes of at least 4 members (excludes halogenated alkanes) is 1. The molecule has 138 valence electrons. The molecule has 1 amide bonds. The maximum atomic E-state index is 12.8. The molecule has 8 heteroatoms. The first-order valence-corrected chi connectivity index (χ1v) is 7.74. The first-order chi connectivity index (χ1) is 10.7.